The molecule has 1 aliphatic rings. The van der Waals surface area contributed by atoms with Crippen LogP contribution in [0.2, 0.25) is 0 Å². The second-order valence-corrected chi connectivity index (χ2v) is 7.05. The zero-order valence-corrected chi connectivity index (χ0v) is 15.5. The van der Waals surface area contributed by atoms with Crippen molar-refractivity contribution in [3.8, 4) is 0 Å². The molecule has 29 heavy (non-hydrogen) atoms. The number of hydrogen-bond acceptors (Lipinski definition) is 6. The summed E-state index contributed by atoms with van der Waals surface area (Å²) in [6, 6.07) is 10.7. The normalized spacial score (nSPS) is 16.3. The summed E-state index contributed by atoms with van der Waals surface area (Å²) < 4.78 is 10.3. The Morgan fingerprint density at radius 1 is 1.17 bits per heavy atom. The zero-order chi connectivity index (χ0) is 20.4. The number of hydrogen-bond donors (Lipinski definition) is 2. The van der Waals surface area contributed by atoms with Gasteiger partial charge in [-0.3, -0.25) is 14.8 Å². The molecule has 1 unspecified atom stereocenters. The number of ether oxygens (including phenoxy) is 1. The number of carbonyl (C=O) groups is 1. The van der Waals surface area contributed by atoms with E-state index >= 15 is 0 Å². The van der Waals surface area contributed by atoms with E-state index < -0.39 is 23.0 Å². The van der Waals surface area contributed by atoms with Crippen molar-refractivity contribution in [3.05, 3.63) is 78.8 Å². The molecule has 2 N–H and O–H groups in total. The van der Waals surface area contributed by atoms with Crippen LogP contribution >= 0.6 is 0 Å². The molecule has 0 bridgehead atoms. The van der Waals surface area contributed by atoms with E-state index in [1.807, 2.05) is 30.3 Å². The van der Waals surface area contributed by atoms with E-state index in [0.29, 0.717) is 31.5 Å². The van der Waals surface area contributed by atoms with E-state index in [9.17, 15) is 19.2 Å². The highest BCUT2D eigenvalue weighted by Crippen LogP contribution is 2.23. The molecule has 1 saturated heterocycles. The number of H-pyrrole nitrogens is 2. The fourth-order valence-electron chi connectivity index (χ4n) is 3.63. The Bertz CT molecular complexity index is 1210. The van der Waals surface area contributed by atoms with Crippen molar-refractivity contribution in [2.45, 2.75) is 19.4 Å². The third-order valence-corrected chi connectivity index (χ3v) is 4.98. The molecule has 9 nitrogen and oxygen atoms in total. The molecule has 0 radical (unpaired) electrons. The highest BCUT2D eigenvalue weighted by Gasteiger charge is 2.28. The Hall–Kier alpha value is -3.62. The summed E-state index contributed by atoms with van der Waals surface area (Å²) in [5, 5.41) is 0.148. The summed E-state index contributed by atoms with van der Waals surface area (Å²) >= 11 is 0. The molecule has 0 aliphatic carbocycles. The topological polar surface area (TPSA) is 125 Å². The first-order valence-corrected chi connectivity index (χ1v) is 9.24. The Balaban J connectivity index is 1.45. The van der Waals surface area contributed by atoms with E-state index in [4.69, 9.17) is 9.15 Å². The number of nitrogens with zero attached hydrogens (tertiary/aromatic N) is 1. The van der Waals surface area contributed by atoms with Gasteiger partial charge in [0.25, 0.3) is 5.56 Å². The summed E-state index contributed by atoms with van der Waals surface area (Å²) in [5.41, 5.74) is -0.745. The van der Waals surface area contributed by atoms with Crippen molar-refractivity contribution >= 4 is 17.2 Å². The highest BCUT2D eigenvalue weighted by atomic mass is 16.6. The number of benzene rings is 1. The van der Waals surface area contributed by atoms with E-state index in [1.54, 1.807) is 4.90 Å². The maximum atomic E-state index is 12.3. The lowest BCUT2D eigenvalue weighted by atomic mass is 9.97. The Kier molecular flexibility index (Phi) is 5.03. The molecule has 4 rings (SSSR count). The standard InChI is InChI=1S/C20H19N3O6/c24-15-9-14(16-17(25)21-19(26)22-18(16)29-15)8-13-6-7-23(10-13)20(27)28-11-12-4-2-1-3-5-12/h1-5,9,13H,6-8,10-11H2,(H2,21,22,25,26). The summed E-state index contributed by atoms with van der Waals surface area (Å²) in [4.78, 5) is 53.8. The number of fused-ring (bicyclic) bond motifs is 1. The fourth-order valence-corrected chi connectivity index (χ4v) is 3.63. The number of rotatable bonds is 4. The van der Waals surface area contributed by atoms with Crippen LogP contribution in [0.25, 0.3) is 11.1 Å². The molecule has 0 saturated carbocycles. The lowest BCUT2D eigenvalue weighted by Crippen LogP contribution is -2.29. The van der Waals surface area contributed by atoms with Crippen LogP contribution in [0.5, 0.6) is 0 Å². The Morgan fingerprint density at radius 3 is 2.76 bits per heavy atom. The number of aromatic nitrogens is 2. The van der Waals surface area contributed by atoms with Gasteiger partial charge in [0.2, 0.25) is 5.71 Å². The Morgan fingerprint density at radius 2 is 1.97 bits per heavy atom. The largest absolute Gasteiger partial charge is 0.445 e. The predicted molar refractivity (Wildman–Crippen MR) is 104 cm³/mol. The van der Waals surface area contributed by atoms with E-state index in [1.165, 1.54) is 6.07 Å². The van der Waals surface area contributed by atoms with Gasteiger partial charge in [0, 0.05) is 19.2 Å². The first kappa shape index (κ1) is 18.7. The van der Waals surface area contributed by atoms with Crippen molar-refractivity contribution in [3.63, 3.8) is 0 Å². The van der Waals surface area contributed by atoms with Crippen LogP contribution in [0.4, 0.5) is 4.79 Å². The first-order chi connectivity index (χ1) is 14.0. The summed E-state index contributed by atoms with van der Waals surface area (Å²) in [5.74, 6) is 0.0515. The third kappa shape index (κ3) is 4.13. The van der Waals surface area contributed by atoms with Gasteiger partial charge >= 0.3 is 17.4 Å². The Labute approximate surface area is 163 Å². The van der Waals surface area contributed by atoms with Crippen molar-refractivity contribution < 1.29 is 13.9 Å². The van der Waals surface area contributed by atoms with Crippen LogP contribution in [0.3, 0.4) is 0 Å². The SMILES string of the molecule is O=C(OCc1ccccc1)N1CCC(Cc2cc(=O)oc3[nH]c(=O)[nH]c(=O)c23)C1. The molecule has 1 aliphatic heterocycles. The minimum atomic E-state index is -0.740. The van der Waals surface area contributed by atoms with E-state index in [0.717, 1.165) is 5.56 Å². The quantitative estimate of drug-likeness (QED) is 0.685. The molecule has 150 valence electrons. The van der Waals surface area contributed by atoms with Crippen LogP contribution in [-0.2, 0) is 17.8 Å². The smallest absolute Gasteiger partial charge is 0.410 e. The third-order valence-electron chi connectivity index (χ3n) is 4.98. The lowest BCUT2D eigenvalue weighted by Gasteiger charge is -2.16. The van der Waals surface area contributed by atoms with Crippen LogP contribution in [0.15, 0.2) is 55.2 Å². The van der Waals surface area contributed by atoms with Crippen LogP contribution < -0.4 is 16.9 Å². The molecule has 1 atom stereocenters. The van der Waals surface area contributed by atoms with Gasteiger partial charge < -0.3 is 14.1 Å². The molecule has 0 spiro atoms. The van der Waals surface area contributed by atoms with Crippen molar-refractivity contribution in [1.82, 2.24) is 14.9 Å². The van der Waals surface area contributed by atoms with Gasteiger partial charge in [0.05, 0.1) is 0 Å². The van der Waals surface area contributed by atoms with Crippen molar-refractivity contribution in [2.75, 3.05) is 13.1 Å². The van der Waals surface area contributed by atoms with Gasteiger partial charge in [0.15, 0.2) is 0 Å². The molecule has 1 aromatic carbocycles. The van der Waals surface area contributed by atoms with Crippen LogP contribution in [0, 0.1) is 5.92 Å². The molecule has 3 heterocycles. The summed E-state index contributed by atoms with van der Waals surface area (Å²) in [7, 11) is 0. The van der Waals surface area contributed by atoms with E-state index in [2.05, 4.69) is 9.97 Å². The van der Waals surface area contributed by atoms with Gasteiger partial charge in [-0.1, -0.05) is 30.3 Å². The molecule has 2 aromatic heterocycles. The molecule has 9 heteroatoms. The molecule has 3 aromatic rings. The summed E-state index contributed by atoms with van der Waals surface area (Å²) in [6.45, 7) is 1.19. The van der Waals surface area contributed by atoms with E-state index in [-0.39, 0.29) is 23.6 Å². The first-order valence-electron chi connectivity index (χ1n) is 9.24. The number of amides is 1. The van der Waals surface area contributed by atoms with Crippen LogP contribution in [-0.4, -0.2) is 34.1 Å². The average molecular weight is 397 g/mol. The number of carbonyl (C=O) groups excluding carboxylic acids is 1. The van der Waals surface area contributed by atoms with Gasteiger partial charge in [-0.15, -0.1) is 0 Å². The maximum absolute atomic E-state index is 12.3. The maximum Gasteiger partial charge on any atom is 0.410 e. The minimum absolute atomic E-state index is 0.0515. The van der Waals surface area contributed by atoms with Crippen molar-refractivity contribution in [1.29, 1.82) is 0 Å². The van der Waals surface area contributed by atoms with Crippen molar-refractivity contribution in [2.24, 2.45) is 5.92 Å². The molecule has 1 fully saturated rings. The fraction of sp³-hybridized carbons (Fsp3) is 0.300. The van der Waals surface area contributed by atoms with Gasteiger partial charge in [-0.2, -0.15) is 0 Å². The number of nitrogens with one attached hydrogen (secondary N) is 2. The van der Waals surface area contributed by atoms with Gasteiger partial charge in [-0.05, 0) is 29.9 Å². The average Bonchev–Trinajstić information content (AvgIpc) is 3.14. The number of likely N-dealkylation sites (tertiary alicyclic amines) is 1. The summed E-state index contributed by atoms with van der Waals surface area (Å²) in [6.07, 6.45) is 0.722. The van der Waals surface area contributed by atoms with Crippen LogP contribution in [0.1, 0.15) is 17.5 Å². The van der Waals surface area contributed by atoms with Gasteiger partial charge in [-0.25, -0.2) is 14.4 Å². The second kappa shape index (κ2) is 7.78. The van der Waals surface area contributed by atoms with Gasteiger partial charge in [0.1, 0.15) is 12.0 Å². The number of aromatic amines is 2. The minimum Gasteiger partial charge on any atom is -0.445 e. The molecule has 1 amide bonds. The second-order valence-electron chi connectivity index (χ2n) is 7.05. The predicted octanol–water partition coefficient (Wildman–Crippen LogP) is 1.37. The molecular formula is C20H19N3O6. The zero-order valence-electron chi connectivity index (χ0n) is 15.5. The highest BCUT2D eigenvalue weighted by molar-refractivity contribution is 5.75. The molecular weight excluding hydrogens is 378 g/mol. The monoisotopic (exact) mass is 397 g/mol. The lowest BCUT2D eigenvalue weighted by molar-refractivity contribution is 0.103.